The van der Waals surface area contributed by atoms with E-state index in [9.17, 15) is 4.57 Å². The first-order chi connectivity index (χ1) is 20.1. The number of rotatable bonds is 10. The highest BCUT2D eigenvalue weighted by Gasteiger charge is 2.45. The Morgan fingerprint density at radius 3 is 1.76 bits per heavy atom. The third kappa shape index (κ3) is 6.46. The molecular formula is C33H45BN4O3P+. The molecule has 0 spiro atoms. The van der Waals surface area contributed by atoms with Gasteiger partial charge in [0.25, 0.3) is 0 Å². The summed E-state index contributed by atoms with van der Waals surface area (Å²) in [6.07, 6.45) is 0.0448. The maximum atomic E-state index is 14.5. The predicted molar refractivity (Wildman–Crippen MR) is 171 cm³/mol. The molecule has 5 rings (SSSR count). The molecule has 0 aromatic heterocycles. The van der Waals surface area contributed by atoms with Crippen molar-refractivity contribution in [3.05, 3.63) is 108 Å². The molecule has 42 heavy (non-hydrogen) atoms. The topological polar surface area (TPSA) is 45.2 Å². The molecule has 0 N–H and O–H groups in total. The number of nitrogens with zero attached hydrogens (tertiary/aromatic N) is 4. The fourth-order valence-electron chi connectivity index (χ4n) is 6.72. The van der Waals surface area contributed by atoms with E-state index in [4.69, 9.17) is 17.3 Å². The van der Waals surface area contributed by atoms with Crippen LogP contribution in [0.4, 0.5) is 0 Å². The van der Waals surface area contributed by atoms with Crippen LogP contribution in [0.5, 0.6) is 0 Å². The summed E-state index contributed by atoms with van der Waals surface area (Å²) in [5, 5.41) is 0. The minimum absolute atomic E-state index is 0.112. The van der Waals surface area contributed by atoms with Gasteiger partial charge in [0.2, 0.25) is 7.44 Å². The van der Waals surface area contributed by atoms with E-state index >= 15 is 0 Å². The standard InChI is InChI=1S/C33H45BN4O3P/c1-35(2)42(39,27-40-26-31-24-38(3,4)25-32(34)41-31)37-22-20-36(21-23-37)33(28-14-8-5-9-15-28,29-16-10-6-11-17-29)30-18-12-7-13-19-30/h5-19,31-32H,20-27H2,1-4H3/q+1. The maximum absolute atomic E-state index is 14.5. The van der Waals surface area contributed by atoms with Gasteiger partial charge in [-0.3, -0.25) is 9.46 Å². The predicted octanol–water partition coefficient (Wildman–Crippen LogP) is 4.29. The van der Waals surface area contributed by atoms with Gasteiger partial charge in [0.1, 0.15) is 26.8 Å². The van der Waals surface area contributed by atoms with Gasteiger partial charge in [0.05, 0.1) is 38.8 Å². The number of piperazine rings is 1. The first-order valence-electron chi connectivity index (χ1n) is 14.9. The summed E-state index contributed by atoms with van der Waals surface area (Å²) in [5.74, 6) is 0. The molecule has 0 aliphatic carbocycles. The van der Waals surface area contributed by atoms with Gasteiger partial charge in [-0.15, -0.1) is 0 Å². The molecule has 2 aliphatic heterocycles. The maximum Gasteiger partial charge on any atom is 0.241 e. The van der Waals surface area contributed by atoms with Gasteiger partial charge in [0.15, 0.2) is 0 Å². The molecule has 0 bridgehead atoms. The largest absolute Gasteiger partial charge is 0.371 e. The first kappa shape index (κ1) is 31.1. The van der Waals surface area contributed by atoms with E-state index < -0.39 is 13.0 Å². The summed E-state index contributed by atoms with van der Waals surface area (Å²) in [5.41, 5.74) is 3.20. The summed E-state index contributed by atoms with van der Waals surface area (Å²) in [6, 6.07) is 32.0. The molecule has 2 heterocycles. The highest BCUT2D eigenvalue weighted by Crippen LogP contribution is 2.53. The Morgan fingerprint density at radius 2 is 1.33 bits per heavy atom. The molecule has 0 amide bonds. The average Bonchev–Trinajstić information content (AvgIpc) is 2.98. The molecule has 2 aliphatic rings. The van der Waals surface area contributed by atoms with Gasteiger partial charge in [-0.05, 0) is 30.8 Å². The molecule has 2 radical (unpaired) electrons. The molecule has 2 saturated heterocycles. The Balaban J connectivity index is 1.38. The van der Waals surface area contributed by atoms with Crippen LogP contribution in [0.3, 0.4) is 0 Å². The molecule has 3 aromatic rings. The fourth-order valence-corrected chi connectivity index (χ4v) is 8.77. The van der Waals surface area contributed by atoms with Crippen molar-refractivity contribution in [3.63, 3.8) is 0 Å². The molecule has 222 valence electrons. The lowest BCUT2D eigenvalue weighted by molar-refractivity contribution is -0.903. The van der Waals surface area contributed by atoms with Crippen LogP contribution >= 0.6 is 7.44 Å². The molecule has 7 nitrogen and oxygen atoms in total. The zero-order valence-corrected chi connectivity index (χ0v) is 26.4. The first-order valence-corrected chi connectivity index (χ1v) is 16.7. The highest BCUT2D eigenvalue weighted by atomic mass is 31.2. The van der Waals surface area contributed by atoms with Crippen LogP contribution in [0, 0.1) is 0 Å². The normalized spacial score (nSPS) is 23.5. The van der Waals surface area contributed by atoms with Crippen LogP contribution in [0.1, 0.15) is 16.7 Å². The van der Waals surface area contributed by atoms with Crippen LogP contribution in [-0.4, -0.2) is 119 Å². The van der Waals surface area contributed by atoms with Crippen molar-refractivity contribution in [1.29, 1.82) is 0 Å². The number of benzene rings is 3. The van der Waals surface area contributed by atoms with Crippen LogP contribution in [0.15, 0.2) is 91.0 Å². The Bertz CT molecular complexity index is 1220. The Hall–Kier alpha value is -2.29. The number of ether oxygens (including phenoxy) is 2. The summed E-state index contributed by atoms with van der Waals surface area (Å²) in [6.45, 7) is 4.81. The fraction of sp³-hybridized carbons (Fsp3) is 0.455. The zero-order chi connectivity index (χ0) is 29.8. The van der Waals surface area contributed by atoms with Crippen molar-refractivity contribution in [2.75, 3.05) is 80.4 Å². The van der Waals surface area contributed by atoms with Gasteiger partial charge in [-0.2, -0.15) is 0 Å². The van der Waals surface area contributed by atoms with Gasteiger partial charge in [-0.25, -0.2) is 9.34 Å². The number of likely N-dealkylation sites (N-methyl/N-ethyl adjacent to an activating group) is 1. The molecule has 9 heteroatoms. The number of hydrogen-bond donors (Lipinski definition) is 0. The minimum atomic E-state index is -2.95. The lowest BCUT2D eigenvalue weighted by Crippen LogP contribution is -2.57. The molecule has 0 saturated carbocycles. The third-order valence-corrected chi connectivity index (χ3v) is 11.7. The molecule has 3 aromatic carbocycles. The quantitative estimate of drug-likeness (QED) is 0.153. The van der Waals surface area contributed by atoms with Crippen molar-refractivity contribution in [3.8, 4) is 0 Å². The minimum Gasteiger partial charge on any atom is -0.371 e. The van der Waals surface area contributed by atoms with E-state index in [1.165, 1.54) is 16.7 Å². The monoisotopic (exact) mass is 587 g/mol. The smallest absolute Gasteiger partial charge is 0.241 e. The Kier molecular flexibility index (Phi) is 9.75. The number of hydrogen-bond acceptors (Lipinski definition) is 4. The Morgan fingerprint density at radius 1 is 0.857 bits per heavy atom. The van der Waals surface area contributed by atoms with Gasteiger partial charge in [-0.1, -0.05) is 91.0 Å². The Labute approximate surface area is 253 Å². The molecule has 2 fully saturated rings. The summed E-state index contributed by atoms with van der Waals surface area (Å²) >= 11 is 0. The van der Waals surface area contributed by atoms with Crippen molar-refractivity contribution in [2.45, 2.75) is 17.6 Å². The van der Waals surface area contributed by atoms with Gasteiger partial charge < -0.3 is 14.0 Å². The van der Waals surface area contributed by atoms with E-state index in [2.05, 4.69) is 115 Å². The van der Waals surface area contributed by atoms with Crippen LogP contribution in [0.2, 0.25) is 0 Å². The van der Waals surface area contributed by atoms with Crippen LogP contribution in [0.25, 0.3) is 0 Å². The second-order valence-corrected chi connectivity index (χ2v) is 15.3. The lowest BCUT2D eigenvalue weighted by atomic mass is 9.75. The average molecular weight is 588 g/mol. The second-order valence-electron chi connectivity index (χ2n) is 12.4. The van der Waals surface area contributed by atoms with Crippen molar-refractivity contribution in [1.82, 2.24) is 14.2 Å². The van der Waals surface area contributed by atoms with E-state index in [1.54, 1.807) is 0 Å². The van der Waals surface area contributed by atoms with E-state index in [1.807, 2.05) is 18.8 Å². The SMILES string of the molecule is [B]C1C[N+](C)(C)CC(COCP(=O)(N(C)C)N2CCN(C(c3ccccc3)(c3ccccc3)c3ccccc3)CC2)O1. The van der Waals surface area contributed by atoms with E-state index in [0.29, 0.717) is 19.7 Å². The van der Waals surface area contributed by atoms with E-state index in [0.717, 1.165) is 30.7 Å². The molecule has 3 unspecified atom stereocenters. The van der Waals surface area contributed by atoms with Crippen molar-refractivity contribution < 1.29 is 18.5 Å². The summed E-state index contributed by atoms with van der Waals surface area (Å²) in [7, 11) is 11.3. The van der Waals surface area contributed by atoms with E-state index in [-0.39, 0.29) is 18.5 Å². The van der Waals surface area contributed by atoms with Gasteiger partial charge >= 0.3 is 0 Å². The van der Waals surface area contributed by atoms with Crippen LogP contribution < -0.4 is 0 Å². The van der Waals surface area contributed by atoms with Crippen molar-refractivity contribution in [2.24, 2.45) is 0 Å². The van der Waals surface area contributed by atoms with Crippen LogP contribution in [-0.2, 0) is 19.6 Å². The zero-order valence-electron chi connectivity index (χ0n) is 25.5. The van der Waals surface area contributed by atoms with Gasteiger partial charge in [0, 0.05) is 26.2 Å². The lowest BCUT2D eigenvalue weighted by Gasteiger charge is -2.50. The number of morpholine rings is 1. The number of quaternary nitrogens is 1. The summed E-state index contributed by atoms with van der Waals surface area (Å²) < 4.78 is 31.4. The summed E-state index contributed by atoms with van der Waals surface area (Å²) in [4.78, 5) is 2.56. The second kappa shape index (κ2) is 13.1. The third-order valence-electron chi connectivity index (χ3n) is 8.67. The van der Waals surface area contributed by atoms with Crippen molar-refractivity contribution >= 4 is 15.3 Å². The molecule has 3 atom stereocenters. The molecular weight excluding hydrogens is 542 g/mol. The highest BCUT2D eigenvalue weighted by molar-refractivity contribution is 7.58.